The molecule has 0 radical (unpaired) electrons. The molecule has 5 atom stereocenters. The highest BCUT2D eigenvalue weighted by Crippen LogP contribution is 2.08. The van der Waals surface area contributed by atoms with Gasteiger partial charge in [0.1, 0.15) is 12.1 Å². The smallest absolute Gasteiger partial charge is 0.328 e. The molecule has 0 saturated carbocycles. The largest absolute Gasteiger partial charge is 0.480 e. The minimum atomic E-state index is -1.54. The Morgan fingerprint density at radius 1 is 1.03 bits per heavy atom. The topological polar surface area (TPSA) is 200 Å². The molecule has 8 N–H and O–H groups in total. The van der Waals surface area contributed by atoms with Gasteiger partial charge in [0.2, 0.25) is 17.7 Å². The van der Waals surface area contributed by atoms with Crippen molar-refractivity contribution in [3.63, 3.8) is 0 Å². The van der Waals surface area contributed by atoms with Gasteiger partial charge in [-0.05, 0) is 30.9 Å². The van der Waals surface area contributed by atoms with E-state index in [-0.39, 0.29) is 19.3 Å². The summed E-state index contributed by atoms with van der Waals surface area (Å²) in [6.45, 7) is 1.24. The maximum Gasteiger partial charge on any atom is 0.328 e. The van der Waals surface area contributed by atoms with Crippen LogP contribution in [0.2, 0.25) is 0 Å². The van der Waals surface area contributed by atoms with E-state index < -0.39 is 54.0 Å². The molecule has 12 nitrogen and oxygen atoms in total. The van der Waals surface area contributed by atoms with Gasteiger partial charge in [-0.2, -0.15) is 11.8 Å². The fourth-order valence-corrected chi connectivity index (χ4v) is 3.95. The van der Waals surface area contributed by atoms with Crippen LogP contribution in [0.4, 0.5) is 0 Å². The Balaban J connectivity index is 2.18. The number of aromatic amines is 1. The molecule has 3 amide bonds. The minimum absolute atomic E-state index is 0.136. The molecule has 1 aromatic carbocycles. The molecule has 1 heterocycles. The molecule has 1 aromatic heterocycles. The highest BCUT2D eigenvalue weighted by molar-refractivity contribution is 7.98. The molecule has 0 aliphatic rings. The number of imidazole rings is 1. The Morgan fingerprint density at radius 3 is 2.24 bits per heavy atom. The number of nitrogens with zero attached hydrogens (tertiary/aromatic N) is 1. The van der Waals surface area contributed by atoms with Crippen molar-refractivity contribution in [1.82, 2.24) is 25.9 Å². The monoisotopic (exact) mass is 534 g/mol. The normalized spacial score (nSPS) is 15.0. The number of aliphatic hydroxyl groups excluding tert-OH is 1. The van der Waals surface area contributed by atoms with Crippen LogP contribution in [0.3, 0.4) is 0 Å². The van der Waals surface area contributed by atoms with Crippen LogP contribution >= 0.6 is 11.8 Å². The maximum atomic E-state index is 13.3. The summed E-state index contributed by atoms with van der Waals surface area (Å²) < 4.78 is 0. The minimum Gasteiger partial charge on any atom is -0.480 e. The van der Waals surface area contributed by atoms with Crippen molar-refractivity contribution in [2.75, 3.05) is 12.0 Å². The molecule has 0 spiro atoms. The summed E-state index contributed by atoms with van der Waals surface area (Å²) in [4.78, 5) is 57.2. The van der Waals surface area contributed by atoms with Crippen LogP contribution in [-0.4, -0.2) is 86.2 Å². The summed E-state index contributed by atoms with van der Waals surface area (Å²) in [7, 11) is 0. The number of rotatable bonds is 15. The molecule has 2 aromatic rings. The predicted octanol–water partition coefficient (Wildman–Crippen LogP) is -0.805. The lowest BCUT2D eigenvalue weighted by atomic mass is 10.0. The zero-order chi connectivity index (χ0) is 27.4. The fourth-order valence-electron chi connectivity index (χ4n) is 3.48. The Morgan fingerprint density at radius 2 is 1.68 bits per heavy atom. The van der Waals surface area contributed by atoms with Crippen LogP contribution in [0.15, 0.2) is 42.9 Å². The van der Waals surface area contributed by atoms with Crippen molar-refractivity contribution >= 4 is 35.5 Å². The molecule has 37 heavy (non-hydrogen) atoms. The molecule has 0 aliphatic heterocycles. The number of nitrogens with two attached hydrogens (primary N) is 1. The number of benzene rings is 1. The average molecular weight is 535 g/mol. The molecular formula is C24H34N6O6S. The van der Waals surface area contributed by atoms with Gasteiger partial charge in [0, 0.05) is 24.7 Å². The molecule has 13 heteroatoms. The molecule has 0 saturated heterocycles. The molecule has 202 valence electrons. The fraction of sp³-hybridized carbons (Fsp3) is 0.458. The van der Waals surface area contributed by atoms with Crippen molar-refractivity contribution in [1.29, 1.82) is 0 Å². The third-order valence-corrected chi connectivity index (χ3v) is 6.18. The van der Waals surface area contributed by atoms with E-state index in [1.807, 2.05) is 12.3 Å². The van der Waals surface area contributed by atoms with Gasteiger partial charge in [-0.1, -0.05) is 30.3 Å². The number of amides is 3. The van der Waals surface area contributed by atoms with Crippen LogP contribution in [0.1, 0.15) is 24.6 Å². The van der Waals surface area contributed by atoms with Crippen LogP contribution in [0, 0.1) is 0 Å². The second kappa shape index (κ2) is 15.0. The van der Waals surface area contributed by atoms with E-state index in [1.165, 1.54) is 25.0 Å². The van der Waals surface area contributed by atoms with Gasteiger partial charge >= 0.3 is 5.97 Å². The quantitative estimate of drug-likeness (QED) is 0.153. The van der Waals surface area contributed by atoms with E-state index in [9.17, 15) is 29.4 Å². The third kappa shape index (κ3) is 9.86. The zero-order valence-corrected chi connectivity index (χ0v) is 21.5. The number of carbonyl (C=O) groups is 4. The molecular weight excluding hydrogens is 500 g/mol. The van der Waals surface area contributed by atoms with Gasteiger partial charge in [-0.25, -0.2) is 9.78 Å². The highest BCUT2D eigenvalue weighted by Gasteiger charge is 2.32. The Labute approximate surface area is 219 Å². The number of carboxylic acid groups (broad SMARTS) is 1. The van der Waals surface area contributed by atoms with Crippen molar-refractivity contribution in [2.45, 2.75) is 56.5 Å². The van der Waals surface area contributed by atoms with E-state index in [0.717, 1.165) is 5.56 Å². The second-order valence-corrected chi connectivity index (χ2v) is 9.53. The first-order valence-electron chi connectivity index (χ1n) is 11.7. The highest BCUT2D eigenvalue weighted by atomic mass is 32.2. The van der Waals surface area contributed by atoms with Gasteiger partial charge in [-0.3, -0.25) is 14.4 Å². The number of aromatic nitrogens is 2. The summed E-state index contributed by atoms with van der Waals surface area (Å²) in [5.41, 5.74) is 7.47. The summed E-state index contributed by atoms with van der Waals surface area (Å²) in [5, 5.41) is 26.6. The maximum absolute atomic E-state index is 13.3. The van der Waals surface area contributed by atoms with Crippen molar-refractivity contribution in [3.8, 4) is 0 Å². The van der Waals surface area contributed by atoms with E-state index in [2.05, 4.69) is 25.9 Å². The lowest BCUT2D eigenvalue weighted by Gasteiger charge is -2.26. The first kappa shape index (κ1) is 29.8. The molecule has 0 bridgehead atoms. The van der Waals surface area contributed by atoms with Crippen molar-refractivity contribution < 1.29 is 29.4 Å². The number of thioether (sulfide) groups is 1. The Bertz CT molecular complexity index is 1020. The molecule has 2 rings (SSSR count). The number of hydrogen-bond donors (Lipinski definition) is 7. The van der Waals surface area contributed by atoms with E-state index in [4.69, 9.17) is 5.73 Å². The molecule has 0 fully saturated rings. The summed E-state index contributed by atoms with van der Waals surface area (Å²) in [6.07, 6.45) is 4.02. The molecule has 0 aliphatic carbocycles. The van der Waals surface area contributed by atoms with Gasteiger partial charge in [0.25, 0.3) is 0 Å². The summed E-state index contributed by atoms with van der Waals surface area (Å²) in [5.74, 6) is -2.85. The number of hydrogen-bond acceptors (Lipinski definition) is 8. The van der Waals surface area contributed by atoms with E-state index >= 15 is 0 Å². The van der Waals surface area contributed by atoms with E-state index in [0.29, 0.717) is 11.4 Å². The zero-order valence-electron chi connectivity index (χ0n) is 20.7. The average Bonchev–Trinajstić information content (AvgIpc) is 3.37. The van der Waals surface area contributed by atoms with Crippen LogP contribution in [0.5, 0.6) is 0 Å². The number of carboxylic acids is 1. The number of nitrogens with one attached hydrogen (secondary N) is 4. The summed E-state index contributed by atoms with van der Waals surface area (Å²) >= 11 is 1.44. The van der Waals surface area contributed by atoms with E-state index in [1.54, 1.807) is 30.5 Å². The van der Waals surface area contributed by atoms with Gasteiger partial charge < -0.3 is 36.9 Å². The van der Waals surface area contributed by atoms with Crippen molar-refractivity contribution in [3.05, 3.63) is 54.1 Å². The number of aliphatic carboxylic acids is 1. The van der Waals surface area contributed by atoms with Gasteiger partial charge in [0.15, 0.2) is 6.04 Å². The number of carbonyl (C=O) groups excluding carboxylic acids is 3. The van der Waals surface area contributed by atoms with Crippen LogP contribution < -0.4 is 21.7 Å². The van der Waals surface area contributed by atoms with Gasteiger partial charge in [0.05, 0.1) is 18.5 Å². The third-order valence-electron chi connectivity index (χ3n) is 5.54. The van der Waals surface area contributed by atoms with Crippen LogP contribution in [-0.2, 0) is 32.0 Å². The molecule has 5 unspecified atom stereocenters. The van der Waals surface area contributed by atoms with Crippen molar-refractivity contribution in [2.24, 2.45) is 5.73 Å². The standard InChI is InChI=1S/C24H34N6O6S/c1-14(31)20(24(35)36)30-22(33)18(8-9-37-2)28-23(34)19(10-15-6-4-3-5-7-15)29-21(32)17(25)11-16-12-26-13-27-16/h3-7,12-14,17-20,31H,8-11,25H2,1-2H3,(H,26,27)(H,28,34)(H,29,32)(H,30,33)(H,35,36). The Hall–Kier alpha value is -3.42. The SMILES string of the molecule is CSCCC(NC(=O)C(Cc1ccccc1)NC(=O)C(N)Cc1cnc[nH]1)C(=O)NC(C(=O)O)C(C)O. The number of H-pyrrole nitrogens is 1. The van der Waals surface area contributed by atoms with Crippen LogP contribution in [0.25, 0.3) is 0 Å². The lowest BCUT2D eigenvalue weighted by Crippen LogP contribution is -2.58. The predicted molar refractivity (Wildman–Crippen MR) is 139 cm³/mol. The first-order chi connectivity index (χ1) is 17.6. The number of aliphatic hydroxyl groups is 1. The summed E-state index contributed by atoms with van der Waals surface area (Å²) in [6, 6.07) is 4.38. The Kier molecular flexibility index (Phi) is 12.1. The first-order valence-corrected chi connectivity index (χ1v) is 13.1. The second-order valence-electron chi connectivity index (χ2n) is 8.55. The lowest BCUT2D eigenvalue weighted by molar-refractivity contribution is -0.145. The van der Waals surface area contributed by atoms with Gasteiger partial charge in [-0.15, -0.1) is 0 Å².